The molecule has 1 aliphatic heterocycles. The van der Waals surface area contributed by atoms with Gasteiger partial charge in [-0.1, -0.05) is 30.1 Å². The van der Waals surface area contributed by atoms with E-state index in [-0.39, 0.29) is 49.7 Å². The van der Waals surface area contributed by atoms with Crippen LogP contribution < -0.4 is 16.6 Å². The van der Waals surface area contributed by atoms with Crippen molar-refractivity contribution in [2.24, 2.45) is 0 Å². The predicted octanol–water partition coefficient (Wildman–Crippen LogP) is 4.32. The third-order valence-electron chi connectivity index (χ3n) is 5.97. The summed E-state index contributed by atoms with van der Waals surface area (Å²) >= 11 is 12.4. The van der Waals surface area contributed by atoms with Crippen LogP contribution in [0.15, 0.2) is 29.2 Å². The number of hydrogen-bond acceptors (Lipinski definition) is 8. The summed E-state index contributed by atoms with van der Waals surface area (Å²) in [6.07, 6.45) is -0.406. The molecule has 1 aliphatic rings. The lowest BCUT2D eigenvalue weighted by Crippen LogP contribution is -2.49. The molecule has 2 aromatic carbocycles. The van der Waals surface area contributed by atoms with Gasteiger partial charge >= 0.3 is 6.09 Å². The van der Waals surface area contributed by atoms with E-state index in [0.717, 1.165) is 6.07 Å². The molecule has 14 heteroatoms. The van der Waals surface area contributed by atoms with E-state index in [9.17, 15) is 18.0 Å². The predicted molar refractivity (Wildman–Crippen MR) is 149 cm³/mol. The van der Waals surface area contributed by atoms with E-state index in [0.29, 0.717) is 26.2 Å². The van der Waals surface area contributed by atoms with Gasteiger partial charge in [0.1, 0.15) is 11.4 Å². The van der Waals surface area contributed by atoms with Crippen LogP contribution in [0.3, 0.4) is 0 Å². The first-order valence-electron chi connectivity index (χ1n) is 12.2. The first-order valence-corrected chi connectivity index (χ1v) is 14.6. The molecule has 0 unspecified atom stereocenters. The summed E-state index contributed by atoms with van der Waals surface area (Å²) in [4.78, 5) is 28.6. The van der Waals surface area contributed by atoms with Gasteiger partial charge in [0.2, 0.25) is 0 Å². The van der Waals surface area contributed by atoms with Gasteiger partial charge in [-0.3, -0.25) is 20.5 Å². The fraction of sp³-hybridized carbons (Fsp3) is 0.440. The Balaban J connectivity index is 1.70. The quantitative estimate of drug-likeness (QED) is 0.315. The number of carbonyl (C=O) groups is 2. The zero-order valence-electron chi connectivity index (χ0n) is 22.1. The smallest absolute Gasteiger partial charge is 0.410 e. The molecule has 0 radical (unpaired) electrons. The number of hydrazine groups is 1. The van der Waals surface area contributed by atoms with Gasteiger partial charge in [-0.2, -0.15) is 0 Å². The van der Waals surface area contributed by atoms with Crippen LogP contribution in [-0.4, -0.2) is 67.8 Å². The van der Waals surface area contributed by atoms with Crippen molar-refractivity contribution < 1.29 is 27.1 Å². The van der Waals surface area contributed by atoms with E-state index >= 15 is 4.39 Å². The van der Waals surface area contributed by atoms with Gasteiger partial charge in [-0.25, -0.2) is 17.6 Å². The van der Waals surface area contributed by atoms with Crippen molar-refractivity contribution in [1.29, 1.82) is 0 Å². The van der Waals surface area contributed by atoms with Gasteiger partial charge in [0.15, 0.2) is 9.84 Å². The Labute approximate surface area is 237 Å². The number of anilines is 2. The summed E-state index contributed by atoms with van der Waals surface area (Å²) in [5.74, 6) is -1.72. The molecule has 0 atom stereocenters. The summed E-state index contributed by atoms with van der Waals surface area (Å²) in [6, 6.07) is 5.06. The molecule has 0 saturated carbocycles. The molecule has 3 rings (SSSR count). The molecular formula is C25H32Cl2FN5O5S. The molecule has 1 fully saturated rings. The molecule has 0 aliphatic carbocycles. The third-order valence-corrected chi connectivity index (χ3v) is 8.42. The number of sulfone groups is 1. The number of amides is 2. The molecule has 4 N–H and O–H groups in total. The minimum absolute atomic E-state index is 0.0463. The van der Waals surface area contributed by atoms with Gasteiger partial charge in [-0.05, 0) is 45.0 Å². The normalized spacial score (nSPS) is 14.7. The lowest BCUT2D eigenvalue weighted by atomic mass is 10.1. The maximum Gasteiger partial charge on any atom is 0.410 e. The Kier molecular flexibility index (Phi) is 9.58. The summed E-state index contributed by atoms with van der Waals surface area (Å²) in [5, 5.41) is 0.137. The zero-order valence-corrected chi connectivity index (χ0v) is 24.4. The maximum absolute atomic E-state index is 15.1. The molecule has 2 aromatic rings. The molecular weight excluding hydrogens is 572 g/mol. The van der Waals surface area contributed by atoms with Crippen LogP contribution in [0.1, 0.15) is 43.6 Å². The molecule has 39 heavy (non-hydrogen) atoms. The standard InChI is InChI=1S/C25H32Cl2FN5O5S/c1-5-39(36,37)20-7-6-15(26)12-19(20)30-31-23(34)16-13-18(28)17(21(27)22(16)29)14-32-8-10-33(11-9-32)24(35)38-25(2,3)4/h6-7,12-13,30H,5,8-11,14,29H2,1-4H3,(H,31,34). The molecule has 1 heterocycles. The van der Waals surface area contributed by atoms with Crippen molar-refractivity contribution >= 4 is 56.4 Å². The highest BCUT2D eigenvalue weighted by atomic mass is 35.5. The Morgan fingerprint density at radius 2 is 1.77 bits per heavy atom. The summed E-state index contributed by atoms with van der Waals surface area (Å²) in [5.41, 5.74) is 10.2. The number of rotatable bonds is 7. The topological polar surface area (TPSA) is 134 Å². The summed E-state index contributed by atoms with van der Waals surface area (Å²) < 4.78 is 45.3. The number of hydrogen-bond donors (Lipinski definition) is 3. The van der Waals surface area contributed by atoms with E-state index in [1.54, 1.807) is 25.7 Å². The van der Waals surface area contributed by atoms with Gasteiger partial charge in [0.25, 0.3) is 5.91 Å². The zero-order chi connectivity index (χ0) is 29.1. The summed E-state index contributed by atoms with van der Waals surface area (Å²) in [6.45, 7) is 8.71. The van der Waals surface area contributed by atoms with Gasteiger partial charge in [0, 0.05) is 43.3 Å². The van der Waals surface area contributed by atoms with E-state index in [1.165, 1.54) is 25.1 Å². The highest BCUT2D eigenvalue weighted by Crippen LogP contribution is 2.32. The van der Waals surface area contributed by atoms with E-state index in [1.807, 2.05) is 4.90 Å². The van der Waals surface area contributed by atoms with Crippen molar-refractivity contribution in [3.05, 3.63) is 51.3 Å². The molecule has 0 bridgehead atoms. The Morgan fingerprint density at radius 1 is 1.13 bits per heavy atom. The maximum atomic E-state index is 15.1. The Bertz CT molecular complexity index is 1360. The lowest BCUT2D eigenvalue weighted by molar-refractivity contribution is 0.0138. The van der Waals surface area contributed by atoms with Gasteiger partial charge < -0.3 is 15.4 Å². The number of ether oxygens (including phenoxy) is 1. The molecule has 0 spiro atoms. The molecule has 0 aromatic heterocycles. The highest BCUT2D eigenvalue weighted by molar-refractivity contribution is 7.91. The number of halogens is 3. The number of carbonyl (C=O) groups excluding carboxylic acids is 2. The fourth-order valence-corrected chi connectivity index (χ4v) is 5.32. The molecule has 10 nitrogen and oxygen atoms in total. The summed E-state index contributed by atoms with van der Waals surface area (Å²) in [7, 11) is -3.63. The van der Waals surface area contributed by atoms with Crippen LogP contribution in [0.2, 0.25) is 10.0 Å². The second-order valence-corrected chi connectivity index (χ2v) is 13.0. The number of nitrogen functional groups attached to an aromatic ring is 1. The largest absolute Gasteiger partial charge is 0.444 e. The van der Waals surface area contributed by atoms with Gasteiger partial charge in [0.05, 0.1) is 32.6 Å². The number of nitrogens with zero attached hydrogens (tertiary/aromatic N) is 2. The molecule has 2 amide bonds. The Morgan fingerprint density at radius 3 is 2.36 bits per heavy atom. The number of nitrogens with two attached hydrogens (primary N) is 1. The average molecular weight is 605 g/mol. The number of piperazine rings is 1. The van der Waals surface area contributed by atoms with Gasteiger partial charge in [-0.15, -0.1) is 0 Å². The first kappa shape index (κ1) is 30.7. The highest BCUT2D eigenvalue weighted by Gasteiger charge is 2.28. The number of benzene rings is 2. The van der Waals surface area contributed by atoms with Crippen molar-refractivity contribution in [3.8, 4) is 0 Å². The van der Waals surface area contributed by atoms with Crippen LogP contribution in [0, 0.1) is 5.82 Å². The fourth-order valence-electron chi connectivity index (χ4n) is 3.87. The van der Waals surface area contributed by atoms with Crippen LogP contribution in [0.25, 0.3) is 0 Å². The van der Waals surface area contributed by atoms with Crippen LogP contribution in [0.5, 0.6) is 0 Å². The third kappa shape index (κ3) is 7.65. The van der Waals surface area contributed by atoms with Crippen molar-refractivity contribution in [1.82, 2.24) is 15.2 Å². The van der Waals surface area contributed by atoms with E-state index in [2.05, 4.69) is 10.9 Å². The van der Waals surface area contributed by atoms with Crippen molar-refractivity contribution in [2.45, 2.75) is 44.7 Å². The number of nitrogens with one attached hydrogen (secondary N) is 2. The van der Waals surface area contributed by atoms with Crippen molar-refractivity contribution in [3.63, 3.8) is 0 Å². The van der Waals surface area contributed by atoms with E-state index < -0.39 is 33.3 Å². The molecule has 1 saturated heterocycles. The Hall–Kier alpha value is -2.80. The first-order chi connectivity index (χ1) is 18.1. The van der Waals surface area contributed by atoms with Crippen LogP contribution in [-0.2, 0) is 21.1 Å². The average Bonchev–Trinajstić information content (AvgIpc) is 2.86. The molecule has 214 valence electrons. The van der Waals surface area contributed by atoms with Crippen LogP contribution in [0.4, 0.5) is 20.6 Å². The SMILES string of the molecule is CCS(=O)(=O)c1ccc(Cl)cc1NNC(=O)c1cc(F)c(CN2CCN(C(=O)OC(C)(C)C)CC2)c(Cl)c1N. The van der Waals surface area contributed by atoms with E-state index in [4.69, 9.17) is 33.7 Å². The second-order valence-electron chi connectivity index (χ2n) is 9.98. The van der Waals surface area contributed by atoms with Crippen LogP contribution >= 0.6 is 23.2 Å². The monoisotopic (exact) mass is 603 g/mol. The van der Waals surface area contributed by atoms with Crippen molar-refractivity contribution in [2.75, 3.05) is 43.1 Å². The lowest BCUT2D eigenvalue weighted by Gasteiger charge is -2.35. The minimum atomic E-state index is -3.63. The minimum Gasteiger partial charge on any atom is -0.444 e. The second kappa shape index (κ2) is 12.2.